The fourth-order valence-electron chi connectivity index (χ4n) is 2.54. The van der Waals surface area contributed by atoms with Gasteiger partial charge in [0.2, 0.25) is 5.88 Å². The zero-order chi connectivity index (χ0) is 19.9. The molecule has 0 unspecified atom stereocenters. The molecule has 28 heavy (non-hydrogen) atoms. The quantitative estimate of drug-likeness (QED) is 0.657. The van der Waals surface area contributed by atoms with Crippen LogP contribution in [0.2, 0.25) is 0 Å². The molecule has 0 aliphatic carbocycles. The number of amides is 1. The van der Waals surface area contributed by atoms with Crippen LogP contribution >= 0.6 is 0 Å². The lowest BCUT2D eigenvalue weighted by Crippen LogP contribution is -2.31. The SMILES string of the molecule is CC[C@@H](C)NC(=O)c1ccc(-c2cc(Oc3cccc(OC)c3)ncn2)cc1. The molecule has 1 heterocycles. The number of hydrogen-bond acceptors (Lipinski definition) is 5. The second-order valence-corrected chi connectivity index (χ2v) is 6.38. The minimum absolute atomic E-state index is 0.0781. The summed E-state index contributed by atoms with van der Waals surface area (Å²) in [6.45, 7) is 4.02. The van der Waals surface area contributed by atoms with Crippen LogP contribution in [0.15, 0.2) is 60.9 Å². The summed E-state index contributed by atoms with van der Waals surface area (Å²) in [5.41, 5.74) is 2.20. The number of rotatable bonds is 7. The Morgan fingerprint density at radius 3 is 2.54 bits per heavy atom. The Hall–Kier alpha value is -3.41. The van der Waals surface area contributed by atoms with Crippen molar-refractivity contribution in [3.8, 4) is 28.6 Å². The van der Waals surface area contributed by atoms with Gasteiger partial charge in [-0.2, -0.15) is 0 Å². The van der Waals surface area contributed by atoms with Gasteiger partial charge in [0.05, 0.1) is 12.8 Å². The van der Waals surface area contributed by atoms with E-state index in [1.54, 1.807) is 31.4 Å². The van der Waals surface area contributed by atoms with E-state index in [1.807, 2.05) is 44.2 Å². The van der Waals surface area contributed by atoms with Crippen molar-refractivity contribution in [3.63, 3.8) is 0 Å². The summed E-state index contributed by atoms with van der Waals surface area (Å²) in [7, 11) is 1.61. The van der Waals surface area contributed by atoms with E-state index < -0.39 is 0 Å². The standard InChI is InChI=1S/C22H23N3O3/c1-4-15(2)25-22(26)17-10-8-16(9-11-17)20-13-21(24-14-23-20)28-19-7-5-6-18(12-19)27-3/h5-15H,4H2,1-3H3,(H,25,26)/t15-/m1/s1. The number of aromatic nitrogens is 2. The lowest BCUT2D eigenvalue weighted by molar-refractivity contribution is 0.0939. The van der Waals surface area contributed by atoms with E-state index in [2.05, 4.69) is 15.3 Å². The van der Waals surface area contributed by atoms with Gasteiger partial charge in [-0.25, -0.2) is 9.97 Å². The summed E-state index contributed by atoms with van der Waals surface area (Å²) in [6.07, 6.45) is 2.34. The van der Waals surface area contributed by atoms with E-state index in [4.69, 9.17) is 9.47 Å². The Labute approximate surface area is 164 Å². The van der Waals surface area contributed by atoms with Gasteiger partial charge in [-0.1, -0.05) is 25.1 Å². The molecule has 0 spiro atoms. The fourth-order valence-corrected chi connectivity index (χ4v) is 2.54. The lowest BCUT2D eigenvalue weighted by Gasteiger charge is -2.11. The number of carbonyl (C=O) groups is 1. The molecule has 0 saturated heterocycles. The molecule has 1 aromatic heterocycles. The molecule has 1 atom stereocenters. The average Bonchev–Trinajstić information content (AvgIpc) is 2.74. The average molecular weight is 377 g/mol. The Morgan fingerprint density at radius 1 is 1.07 bits per heavy atom. The van der Waals surface area contributed by atoms with Gasteiger partial charge in [0.15, 0.2) is 0 Å². The first-order chi connectivity index (χ1) is 13.6. The molecular formula is C22H23N3O3. The van der Waals surface area contributed by atoms with Crippen molar-refractivity contribution in [1.29, 1.82) is 0 Å². The number of ether oxygens (including phenoxy) is 2. The number of hydrogen-bond donors (Lipinski definition) is 1. The number of nitrogens with one attached hydrogen (secondary N) is 1. The molecule has 3 rings (SSSR count). The Morgan fingerprint density at radius 2 is 1.82 bits per heavy atom. The highest BCUT2D eigenvalue weighted by atomic mass is 16.5. The van der Waals surface area contributed by atoms with Crippen LogP contribution in [0.4, 0.5) is 0 Å². The number of benzene rings is 2. The first kappa shape index (κ1) is 19.4. The summed E-state index contributed by atoms with van der Waals surface area (Å²) >= 11 is 0. The Balaban J connectivity index is 1.75. The third-order valence-corrected chi connectivity index (χ3v) is 4.34. The maximum Gasteiger partial charge on any atom is 0.251 e. The topological polar surface area (TPSA) is 73.3 Å². The van der Waals surface area contributed by atoms with Gasteiger partial charge in [-0.3, -0.25) is 4.79 Å². The maximum absolute atomic E-state index is 12.2. The van der Waals surface area contributed by atoms with Crippen molar-refractivity contribution in [3.05, 3.63) is 66.5 Å². The van der Waals surface area contributed by atoms with Crippen molar-refractivity contribution in [2.45, 2.75) is 26.3 Å². The van der Waals surface area contributed by atoms with Crippen LogP contribution in [0.1, 0.15) is 30.6 Å². The Bertz CT molecular complexity index is 942. The monoisotopic (exact) mass is 377 g/mol. The highest BCUT2D eigenvalue weighted by molar-refractivity contribution is 5.94. The van der Waals surface area contributed by atoms with Gasteiger partial charge < -0.3 is 14.8 Å². The molecule has 0 bridgehead atoms. The van der Waals surface area contributed by atoms with Crippen LogP contribution < -0.4 is 14.8 Å². The second kappa shape index (κ2) is 8.99. The van der Waals surface area contributed by atoms with Crippen LogP contribution in [-0.4, -0.2) is 29.0 Å². The summed E-state index contributed by atoms with van der Waals surface area (Å²) in [6, 6.07) is 16.5. The van der Waals surface area contributed by atoms with Gasteiger partial charge in [0.1, 0.15) is 17.8 Å². The summed E-state index contributed by atoms with van der Waals surface area (Å²) in [4.78, 5) is 20.7. The molecule has 0 aliphatic heterocycles. The molecule has 1 N–H and O–H groups in total. The lowest BCUT2D eigenvalue weighted by atomic mass is 10.1. The van der Waals surface area contributed by atoms with Crippen LogP contribution in [-0.2, 0) is 0 Å². The second-order valence-electron chi connectivity index (χ2n) is 6.38. The molecule has 144 valence electrons. The first-order valence-electron chi connectivity index (χ1n) is 9.14. The Kier molecular flexibility index (Phi) is 6.22. The number of methoxy groups -OCH3 is 1. The zero-order valence-corrected chi connectivity index (χ0v) is 16.2. The molecule has 0 saturated carbocycles. The third-order valence-electron chi connectivity index (χ3n) is 4.34. The van der Waals surface area contributed by atoms with Crippen molar-refractivity contribution in [2.24, 2.45) is 0 Å². The van der Waals surface area contributed by atoms with Crippen LogP contribution in [0.3, 0.4) is 0 Å². The van der Waals surface area contributed by atoms with E-state index in [0.717, 1.165) is 12.0 Å². The highest BCUT2D eigenvalue weighted by Crippen LogP contribution is 2.26. The van der Waals surface area contributed by atoms with Gasteiger partial charge in [-0.05, 0) is 37.6 Å². The number of carbonyl (C=O) groups excluding carboxylic acids is 1. The third kappa shape index (κ3) is 4.85. The minimum atomic E-state index is -0.0781. The zero-order valence-electron chi connectivity index (χ0n) is 16.2. The maximum atomic E-state index is 12.2. The molecule has 6 heteroatoms. The smallest absolute Gasteiger partial charge is 0.251 e. The molecule has 0 aliphatic rings. The summed E-state index contributed by atoms with van der Waals surface area (Å²) in [5, 5.41) is 2.96. The molecule has 6 nitrogen and oxygen atoms in total. The highest BCUT2D eigenvalue weighted by Gasteiger charge is 2.10. The number of nitrogens with zero attached hydrogens (tertiary/aromatic N) is 2. The van der Waals surface area contributed by atoms with E-state index in [-0.39, 0.29) is 11.9 Å². The van der Waals surface area contributed by atoms with E-state index in [9.17, 15) is 4.79 Å². The van der Waals surface area contributed by atoms with Crippen LogP contribution in [0.5, 0.6) is 17.4 Å². The summed E-state index contributed by atoms with van der Waals surface area (Å²) < 4.78 is 11.0. The fraction of sp³-hybridized carbons (Fsp3) is 0.227. The minimum Gasteiger partial charge on any atom is -0.497 e. The van der Waals surface area contributed by atoms with E-state index in [0.29, 0.717) is 28.6 Å². The van der Waals surface area contributed by atoms with Gasteiger partial charge >= 0.3 is 0 Å². The van der Waals surface area contributed by atoms with Crippen LogP contribution in [0, 0.1) is 0 Å². The molecule has 2 aromatic carbocycles. The van der Waals surface area contributed by atoms with Gasteiger partial charge in [0, 0.05) is 29.3 Å². The van der Waals surface area contributed by atoms with Crippen molar-refractivity contribution in [1.82, 2.24) is 15.3 Å². The van der Waals surface area contributed by atoms with E-state index in [1.165, 1.54) is 6.33 Å². The molecule has 3 aromatic rings. The van der Waals surface area contributed by atoms with Gasteiger partial charge in [-0.15, -0.1) is 0 Å². The van der Waals surface area contributed by atoms with E-state index >= 15 is 0 Å². The van der Waals surface area contributed by atoms with Gasteiger partial charge in [0.25, 0.3) is 5.91 Å². The normalized spacial score (nSPS) is 11.5. The van der Waals surface area contributed by atoms with Crippen molar-refractivity contribution >= 4 is 5.91 Å². The predicted octanol–water partition coefficient (Wildman–Crippen LogP) is 4.47. The molecular weight excluding hydrogens is 354 g/mol. The first-order valence-corrected chi connectivity index (χ1v) is 9.14. The molecule has 1 amide bonds. The molecule has 0 fully saturated rings. The van der Waals surface area contributed by atoms with Crippen molar-refractivity contribution in [2.75, 3.05) is 7.11 Å². The van der Waals surface area contributed by atoms with Crippen LogP contribution in [0.25, 0.3) is 11.3 Å². The summed E-state index contributed by atoms with van der Waals surface area (Å²) in [5.74, 6) is 1.68. The van der Waals surface area contributed by atoms with Crippen molar-refractivity contribution < 1.29 is 14.3 Å². The molecule has 0 radical (unpaired) electrons. The predicted molar refractivity (Wildman–Crippen MR) is 108 cm³/mol. The largest absolute Gasteiger partial charge is 0.497 e.